The van der Waals surface area contributed by atoms with Gasteiger partial charge in [0.15, 0.2) is 0 Å². The van der Waals surface area contributed by atoms with E-state index in [1.807, 2.05) is 20.8 Å². The Morgan fingerprint density at radius 3 is 2.38 bits per heavy atom. The molecule has 120 valence electrons. The van der Waals surface area contributed by atoms with Gasteiger partial charge in [0.05, 0.1) is 11.4 Å². The van der Waals surface area contributed by atoms with E-state index < -0.39 is 16.0 Å². The summed E-state index contributed by atoms with van der Waals surface area (Å²) in [5, 5.41) is 12.8. The Bertz CT molecular complexity index is 620. The Labute approximate surface area is 125 Å². The summed E-state index contributed by atoms with van der Waals surface area (Å²) in [6, 6.07) is 0. The molecule has 1 aromatic heterocycles. The van der Waals surface area contributed by atoms with Crippen LogP contribution < -0.4 is 4.72 Å². The van der Waals surface area contributed by atoms with Crippen LogP contribution >= 0.6 is 0 Å². The molecule has 0 aliphatic rings. The molecule has 0 aromatic carbocycles. The molecule has 1 heterocycles. The van der Waals surface area contributed by atoms with Crippen LogP contribution in [0.25, 0.3) is 0 Å². The van der Waals surface area contributed by atoms with Crippen LogP contribution in [0.5, 0.6) is 0 Å². The Morgan fingerprint density at radius 1 is 1.33 bits per heavy atom. The lowest BCUT2D eigenvalue weighted by Crippen LogP contribution is -2.31. The van der Waals surface area contributed by atoms with Crippen LogP contribution in [0.4, 0.5) is 0 Å². The van der Waals surface area contributed by atoms with Gasteiger partial charge in [-0.1, -0.05) is 20.8 Å². The smallest absolute Gasteiger partial charge is 0.325 e. The number of aliphatic carboxylic acids is 1. The number of aryl methyl sites for hydroxylation is 1. The number of nitrogens with zero attached hydrogens (tertiary/aromatic N) is 2. The largest absolute Gasteiger partial charge is 0.480 e. The Kier molecular flexibility index (Phi) is 5.52. The third-order valence-corrected chi connectivity index (χ3v) is 5.28. The van der Waals surface area contributed by atoms with Crippen molar-refractivity contribution < 1.29 is 18.3 Å². The molecule has 0 aliphatic heterocycles. The first-order valence-corrected chi connectivity index (χ1v) is 8.30. The van der Waals surface area contributed by atoms with Gasteiger partial charge in [-0.3, -0.25) is 9.48 Å². The molecule has 0 amide bonds. The second kappa shape index (κ2) is 6.57. The summed E-state index contributed by atoms with van der Waals surface area (Å²) in [5.74, 6) is -0.495. The van der Waals surface area contributed by atoms with Crippen LogP contribution in [0.1, 0.15) is 32.2 Å². The number of rotatable bonds is 7. The number of aromatic nitrogens is 2. The third-order valence-electron chi connectivity index (χ3n) is 3.60. The first-order valence-electron chi connectivity index (χ1n) is 6.81. The van der Waals surface area contributed by atoms with E-state index in [1.54, 1.807) is 13.8 Å². The summed E-state index contributed by atoms with van der Waals surface area (Å²) in [6.45, 7) is 9.13. The molecule has 2 N–H and O–H groups in total. The summed E-state index contributed by atoms with van der Waals surface area (Å²) in [6.07, 6.45) is 0. The van der Waals surface area contributed by atoms with E-state index in [1.165, 1.54) is 4.68 Å². The number of hydrogen-bond acceptors (Lipinski definition) is 4. The molecule has 1 atom stereocenters. The van der Waals surface area contributed by atoms with Crippen molar-refractivity contribution in [3.05, 3.63) is 11.4 Å². The van der Waals surface area contributed by atoms with Crippen LogP contribution in [0.15, 0.2) is 4.90 Å². The van der Waals surface area contributed by atoms with Gasteiger partial charge in [0.25, 0.3) is 0 Å². The summed E-state index contributed by atoms with van der Waals surface area (Å²) < 4.78 is 28.5. The Morgan fingerprint density at radius 2 is 1.90 bits per heavy atom. The van der Waals surface area contributed by atoms with Gasteiger partial charge >= 0.3 is 5.97 Å². The zero-order valence-corrected chi connectivity index (χ0v) is 13.9. The molecule has 0 radical (unpaired) electrons. The number of sulfonamides is 1. The minimum Gasteiger partial charge on any atom is -0.480 e. The van der Waals surface area contributed by atoms with Crippen LogP contribution in [0.3, 0.4) is 0 Å². The highest BCUT2D eigenvalue weighted by molar-refractivity contribution is 7.89. The van der Waals surface area contributed by atoms with Gasteiger partial charge in [-0.15, -0.1) is 0 Å². The first-order chi connectivity index (χ1) is 9.56. The summed E-state index contributed by atoms with van der Waals surface area (Å²) in [5.41, 5.74) is 0.637. The highest BCUT2D eigenvalue weighted by Gasteiger charge is 2.25. The Balaban J connectivity index is 3.03. The fourth-order valence-electron chi connectivity index (χ4n) is 1.90. The van der Waals surface area contributed by atoms with Crippen molar-refractivity contribution in [1.29, 1.82) is 0 Å². The number of carboxylic acid groups (broad SMARTS) is 1. The summed E-state index contributed by atoms with van der Waals surface area (Å²) >= 11 is 0. The van der Waals surface area contributed by atoms with Crippen LogP contribution in [-0.4, -0.2) is 35.8 Å². The lowest BCUT2D eigenvalue weighted by molar-refractivity contribution is -0.137. The van der Waals surface area contributed by atoms with Crippen molar-refractivity contribution in [3.8, 4) is 0 Å². The maximum absolute atomic E-state index is 12.4. The molecule has 0 saturated carbocycles. The fraction of sp³-hybridized carbons (Fsp3) is 0.692. The van der Waals surface area contributed by atoms with Gasteiger partial charge in [0.2, 0.25) is 10.0 Å². The minimum absolute atomic E-state index is 0.0692. The topological polar surface area (TPSA) is 101 Å². The monoisotopic (exact) mass is 317 g/mol. The van der Waals surface area contributed by atoms with Crippen molar-refractivity contribution in [2.24, 2.45) is 11.8 Å². The number of carbonyl (C=O) groups is 1. The van der Waals surface area contributed by atoms with Crippen molar-refractivity contribution in [2.45, 2.75) is 46.1 Å². The first kappa shape index (κ1) is 17.6. The van der Waals surface area contributed by atoms with Gasteiger partial charge in [-0.25, -0.2) is 13.1 Å². The van der Waals surface area contributed by atoms with Gasteiger partial charge < -0.3 is 5.11 Å². The molecule has 1 rings (SSSR count). The van der Waals surface area contributed by atoms with E-state index >= 15 is 0 Å². The second-order valence-corrected chi connectivity index (χ2v) is 7.33. The quantitative estimate of drug-likeness (QED) is 0.785. The lowest BCUT2D eigenvalue weighted by atomic mass is 9.99. The maximum Gasteiger partial charge on any atom is 0.325 e. The molecule has 0 bridgehead atoms. The standard InChI is InChI=1S/C13H23N3O4S/c1-8(2)9(3)6-14-21(19,20)13-10(4)15-16(11(13)5)7-12(17)18/h8-9,14H,6-7H2,1-5H3,(H,17,18). The predicted molar refractivity (Wildman–Crippen MR) is 78.5 cm³/mol. The zero-order chi connectivity index (χ0) is 16.4. The normalized spacial score (nSPS) is 13.6. The van der Waals surface area contributed by atoms with Crippen LogP contribution in [-0.2, 0) is 21.4 Å². The van der Waals surface area contributed by atoms with E-state index in [4.69, 9.17) is 5.11 Å². The second-order valence-electron chi connectivity index (χ2n) is 5.62. The van der Waals surface area contributed by atoms with Gasteiger partial charge in [-0.2, -0.15) is 5.10 Å². The minimum atomic E-state index is -3.69. The molecule has 1 unspecified atom stereocenters. The van der Waals surface area contributed by atoms with Crippen molar-refractivity contribution >= 4 is 16.0 Å². The SMILES string of the molecule is Cc1nn(CC(=O)O)c(C)c1S(=O)(=O)NCC(C)C(C)C. The van der Waals surface area contributed by atoms with E-state index in [0.29, 0.717) is 23.9 Å². The molecule has 1 aromatic rings. The third kappa shape index (κ3) is 4.28. The lowest BCUT2D eigenvalue weighted by Gasteiger charge is -2.16. The van der Waals surface area contributed by atoms with Crippen molar-refractivity contribution in [1.82, 2.24) is 14.5 Å². The average Bonchev–Trinajstić information content (AvgIpc) is 2.61. The summed E-state index contributed by atoms with van der Waals surface area (Å²) in [7, 11) is -3.69. The molecule has 0 saturated heterocycles. The maximum atomic E-state index is 12.4. The van der Waals surface area contributed by atoms with E-state index in [0.717, 1.165) is 0 Å². The fourth-order valence-corrected chi connectivity index (χ4v) is 3.45. The number of carboxylic acids is 1. The molecule has 21 heavy (non-hydrogen) atoms. The van der Waals surface area contributed by atoms with Crippen molar-refractivity contribution in [2.75, 3.05) is 6.54 Å². The van der Waals surface area contributed by atoms with Gasteiger partial charge in [0, 0.05) is 6.54 Å². The molecule has 8 heteroatoms. The van der Waals surface area contributed by atoms with E-state index in [2.05, 4.69) is 9.82 Å². The highest BCUT2D eigenvalue weighted by Crippen LogP contribution is 2.20. The number of nitrogens with one attached hydrogen (secondary N) is 1. The molecule has 0 spiro atoms. The van der Waals surface area contributed by atoms with Crippen LogP contribution in [0, 0.1) is 25.7 Å². The molecular weight excluding hydrogens is 294 g/mol. The molecule has 0 aliphatic carbocycles. The molecular formula is C13H23N3O4S. The average molecular weight is 317 g/mol. The van der Waals surface area contributed by atoms with Gasteiger partial charge in [-0.05, 0) is 25.7 Å². The zero-order valence-electron chi connectivity index (χ0n) is 13.0. The van der Waals surface area contributed by atoms with Gasteiger partial charge in [0.1, 0.15) is 11.4 Å². The molecule has 7 nitrogen and oxygen atoms in total. The summed E-state index contributed by atoms with van der Waals surface area (Å²) in [4.78, 5) is 10.8. The number of hydrogen-bond donors (Lipinski definition) is 2. The molecule has 0 fully saturated rings. The Hall–Kier alpha value is -1.41. The highest BCUT2D eigenvalue weighted by atomic mass is 32.2. The van der Waals surface area contributed by atoms with E-state index in [-0.39, 0.29) is 17.4 Å². The van der Waals surface area contributed by atoms with E-state index in [9.17, 15) is 13.2 Å². The predicted octanol–water partition coefficient (Wildman–Crippen LogP) is 1.15. The van der Waals surface area contributed by atoms with Crippen molar-refractivity contribution in [3.63, 3.8) is 0 Å². The van der Waals surface area contributed by atoms with Crippen LogP contribution in [0.2, 0.25) is 0 Å².